The van der Waals surface area contributed by atoms with Crippen LogP contribution in [0.2, 0.25) is 0 Å². The molecule has 3 rings (SSSR count). The van der Waals surface area contributed by atoms with Gasteiger partial charge in [0.2, 0.25) is 0 Å². The highest BCUT2D eigenvalue weighted by Gasteiger charge is 2.32. The molecule has 1 fully saturated rings. The molecule has 1 amide bonds. The zero-order valence-corrected chi connectivity index (χ0v) is 12.2. The number of hydrogen-bond acceptors (Lipinski definition) is 5. The summed E-state index contributed by atoms with van der Waals surface area (Å²) in [7, 11) is 0. The molecular weight excluding hydrogens is 268 g/mol. The summed E-state index contributed by atoms with van der Waals surface area (Å²) >= 11 is 0. The predicted octanol–water partition coefficient (Wildman–Crippen LogP) is 1.58. The van der Waals surface area contributed by atoms with Crippen LogP contribution >= 0.6 is 0 Å². The second kappa shape index (κ2) is 5.59. The van der Waals surface area contributed by atoms with Crippen molar-refractivity contribution in [3.8, 4) is 0 Å². The standard InChI is InChI=1S/C14H18N6O/c1-9-12(16-7-6-15-9)14(21)20-8-4-3-5-11(20)13-17-10(2)18-19-13/h6-7,11H,3-5,8H2,1-2H3,(H,17,18,19). The van der Waals surface area contributed by atoms with Gasteiger partial charge in [-0.05, 0) is 33.1 Å². The molecule has 1 aliphatic rings. The van der Waals surface area contributed by atoms with Gasteiger partial charge in [-0.3, -0.25) is 14.9 Å². The molecule has 0 saturated carbocycles. The second-order valence-corrected chi connectivity index (χ2v) is 5.28. The van der Waals surface area contributed by atoms with E-state index in [1.807, 2.05) is 11.8 Å². The number of piperidine rings is 1. The third-order valence-electron chi connectivity index (χ3n) is 3.76. The van der Waals surface area contributed by atoms with E-state index >= 15 is 0 Å². The normalized spacial score (nSPS) is 18.8. The molecular formula is C14H18N6O. The summed E-state index contributed by atoms with van der Waals surface area (Å²) in [5.41, 5.74) is 1.06. The molecule has 0 bridgehead atoms. The molecule has 0 aromatic carbocycles. The fourth-order valence-electron chi connectivity index (χ4n) is 2.71. The van der Waals surface area contributed by atoms with E-state index in [0.717, 1.165) is 25.1 Å². The van der Waals surface area contributed by atoms with Gasteiger partial charge in [-0.25, -0.2) is 9.97 Å². The zero-order chi connectivity index (χ0) is 14.8. The van der Waals surface area contributed by atoms with Crippen molar-refractivity contribution in [2.24, 2.45) is 0 Å². The van der Waals surface area contributed by atoms with Crippen molar-refractivity contribution in [1.82, 2.24) is 30.0 Å². The van der Waals surface area contributed by atoms with E-state index in [9.17, 15) is 4.79 Å². The first-order valence-corrected chi connectivity index (χ1v) is 7.14. The topological polar surface area (TPSA) is 87.7 Å². The molecule has 0 spiro atoms. The number of hydrogen-bond donors (Lipinski definition) is 1. The fraction of sp³-hybridized carbons (Fsp3) is 0.500. The van der Waals surface area contributed by atoms with Crippen LogP contribution in [0.4, 0.5) is 0 Å². The van der Waals surface area contributed by atoms with Gasteiger partial charge in [0.05, 0.1) is 11.7 Å². The Morgan fingerprint density at radius 1 is 1.29 bits per heavy atom. The van der Waals surface area contributed by atoms with Crippen LogP contribution in [0.15, 0.2) is 12.4 Å². The Labute approximate surface area is 122 Å². The summed E-state index contributed by atoms with van der Waals surface area (Å²) in [5.74, 6) is 1.36. The number of aromatic nitrogens is 5. The van der Waals surface area contributed by atoms with E-state index in [4.69, 9.17) is 0 Å². The molecule has 21 heavy (non-hydrogen) atoms. The average Bonchev–Trinajstić information content (AvgIpc) is 2.93. The van der Waals surface area contributed by atoms with Crippen molar-refractivity contribution in [2.75, 3.05) is 6.54 Å². The maximum atomic E-state index is 12.8. The largest absolute Gasteiger partial charge is 0.327 e. The van der Waals surface area contributed by atoms with Gasteiger partial charge in [0.15, 0.2) is 5.82 Å². The highest BCUT2D eigenvalue weighted by molar-refractivity contribution is 5.93. The lowest BCUT2D eigenvalue weighted by Gasteiger charge is -2.33. The third kappa shape index (κ3) is 2.63. The SMILES string of the molecule is Cc1nc(C2CCCCN2C(=O)c2nccnc2C)n[nH]1. The van der Waals surface area contributed by atoms with Crippen LogP contribution in [0, 0.1) is 13.8 Å². The summed E-state index contributed by atoms with van der Waals surface area (Å²) in [6.07, 6.45) is 6.09. The molecule has 2 aromatic heterocycles. The quantitative estimate of drug-likeness (QED) is 0.905. The van der Waals surface area contributed by atoms with Gasteiger partial charge in [0.1, 0.15) is 11.5 Å². The van der Waals surface area contributed by atoms with Gasteiger partial charge in [-0.1, -0.05) is 0 Å². The van der Waals surface area contributed by atoms with Gasteiger partial charge in [0, 0.05) is 18.9 Å². The maximum absolute atomic E-state index is 12.8. The Bertz CT molecular complexity index is 652. The highest BCUT2D eigenvalue weighted by atomic mass is 16.2. The van der Waals surface area contributed by atoms with Crippen LogP contribution in [0.3, 0.4) is 0 Å². The van der Waals surface area contributed by atoms with E-state index in [2.05, 4.69) is 25.1 Å². The first kappa shape index (κ1) is 13.7. The van der Waals surface area contributed by atoms with Crippen molar-refractivity contribution in [3.05, 3.63) is 35.4 Å². The van der Waals surface area contributed by atoms with Crippen LogP contribution in [-0.4, -0.2) is 42.5 Å². The number of carbonyl (C=O) groups is 1. The molecule has 1 saturated heterocycles. The molecule has 7 heteroatoms. The maximum Gasteiger partial charge on any atom is 0.274 e. The average molecular weight is 286 g/mol. The van der Waals surface area contributed by atoms with Gasteiger partial charge < -0.3 is 4.90 Å². The summed E-state index contributed by atoms with van der Waals surface area (Å²) in [5, 5.41) is 7.07. The fourth-order valence-corrected chi connectivity index (χ4v) is 2.71. The van der Waals surface area contributed by atoms with Crippen LogP contribution in [-0.2, 0) is 0 Å². The van der Waals surface area contributed by atoms with Gasteiger partial charge in [-0.2, -0.15) is 5.10 Å². The molecule has 2 aromatic rings. The Morgan fingerprint density at radius 3 is 2.81 bits per heavy atom. The number of nitrogens with one attached hydrogen (secondary N) is 1. The first-order chi connectivity index (χ1) is 10.2. The smallest absolute Gasteiger partial charge is 0.274 e. The number of rotatable bonds is 2. The lowest BCUT2D eigenvalue weighted by Crippen LogP contribution is -2.39. The second-order valence-electron chi connectivity index (χ2n) is 5.28. The van der Waals surface area contributed by atoms with Crippen molar-refractivity contribution in [3.63, 3.8) is 0 Å². The summed E-state index contributed by atoms with van der Waals surface area (Å²) in [6.45, 7) is 4.36. The minimum Gasteiger partial charge on any atom is -0.327 e. The molecule has 7 nitrogen and oxygen atoms in total. The molecule has 3 heterocycles. The lowest BCUT2D eigenvalue weighted by atomic mass is 10.0. The Hall–Kier alpha value is -2.31. The third-order valence-corrected chi connectivity index (χ3v) is 3.76. The van der Waals surface area contributed by atoms with E-state index in [-0.39, 0.29) is 11.9 Å². The van der Waals surface area contributed by atoms with Crippen molar-refractivity contribution in [1.29, 1.82) is 0 Å². The minimum absolute atomic E-state index is 0.0855. The molecule has 1 unspecified atom stereocenters. The molecule has 1 aliphatic heterocycles. The molecule has 1 N–H and O–H groups in total. The predicted molar refractivity (Wildman–Crippen MR) is 75.5 cm³/mol. The number of likely N-dealkylation sites (tertiary alicyclic amines) is 1. The summed E-state index contributed by atoms with van der Waals surface area (Å²) < 4.78 is 0. The van der Waals surface area contributed by atoms with Crippen molar-refractivity contribution in [2.45, 2.75) is 39.2 Å². The molecule has 1 atom stereocenters. The number of carbonyl (C=O) groups excluding carboxylic acids is 1. The van der Waals surface area contributed by atoms with Gasteiger partial charge in [0.25, 0.3) is 5.91 Å². The zero-order valence-electron chi connectivity index (χ0n) is 12.2. The number of aromatic amines is 1. The first-order valence-electron chi connectivity index (χ1n) is 7.14. The van der Waals surface area contributed by atoms with E-state index in [0.29, 0.717) is 23.8 Å². The van der Waals surface area contributed by atoms with E-state index < -0.39 is 0 Å². The highest BCUT2D eigenvalue weighted by Crippen LogP contribution is 2.30. The van der Waals surface area contributed by atoms with Gasteiger partial charge in [-0.15, -0.1) is 0 Å². The van der Waals surface area contributed by atoms with Crippen LogP contribution in [0.5, 0.6) is 0 Å². The number of aryl methyl sites for hydroxylation is 2. The number of H-pyrrole nitrogens is 1. The Balaban J connectivity index is 1.91. The lowest BCUT2D eigenvalue weighted by molar-refractivity contribution is 0.0592. The van der Waals surface area contributed by atoms with E-state index in [1.54, 1.807) is 19.3 Å². The molecule has 0 aliphatic carbocycles. The van der Waals surface area contributed by atoms with Crippen molar-refractivity contribution < 1.29 is 4.79 Å². The Kier molecular flexibility index (Phi) is 3.64. The summed E-state index contributed by atoms with van der Waals surface area (Å²) in [4.78, 5) is 27.3. The van der Waals surface area contributed by atoms with Crippen molar-refractivity contribution >= 4 is 5.91 Å². The van der Waals surface area contributed by atoms with Crippen LogP contribution in [0.25, 0.3) is 0 Å². The Morgan fingerprint density at radius 2 is 2.10 bits per heavy atom. The van der Waals surface area contributed by atoms with E-state index in [1.165, 1.54) is 0 Å². The molecule has 0 radical (unpaired) electrons. The monoisotopic (exact) mass is 286 g/mol. The summed E-state index contributed by atoms with van der Waals surface area (Å²) in [6, 6.07) is -0.0855. The number of amides is 1. The number of nitrogens with zero attached hydrogens (tertiary/aromatic N) is 5. The molecule has 110 valence electrons. The minimum atomic E-state index is -0.0900. The van der Waals surface area contributed by atoms with Crippen LogP contribution in [0.1, 0.15) is 53.1 Å². The van der Waals surface area contributed by atoms with Crippen LogP contribution < -0.4 is 0 Å². The van der Waals surface area contributed by atoms with Gasteiger partial charge >= 0.3 is 0 Å².